The summed E-state index contributed by atoms with van der Waals surface area (Å²) < 4.78 is 0. The molecule has 1 saturated heterocycles. The van der Waals surface area contributed by atoms with Crippen LogP contribution in [0, 0.1) is 13.8 Å². The first-order valence-corrected chi connectivity index (χ1v) is 7.70. The molecular formula is C17H26N2O. The number of carbonyl (C=O) groups excluding carboxylic acids is 1. The second-order valence-electron chi connectivity index (χ2n) is 5.77. The van der Waals surface area contributed by atoms with E-state index in [0.29, 0.717) is 6.42 Å². The lowest BCUT2D eigenvalue weighted by Crippen LogP contribution is -2.29. The fourth-order valence-electron chi connectivity index (χ4n) is 2.65. The van der Waals surface area contributed by atoms with Gasteiger partial charge in [0, 0.05) is 25.1 Å². The highest BCUT2D eigenvalue weighted by Crippen LogP contribution is 2.12. The lowest BCUT2D eigenvalue weighted by molar-refractivity contribution is 0.0975. The van der Waals surface area contributed by atoms with Crippen molar-refractivity contribution in [2.24, 2.45) is 0 Å². The van der Waals surface area contributed by atoms with Crippen LogP contribution in [0.5, 0.6) is 0 Å². The summed E-state index contributed by atoms with van der Waals surface area (Å²) in [5, 5.41) is 3.41. The van der Waals surface area contributed by atoms with Gasteiger partial charge in [-0.15, -0.1) is 0 Å². The van der Waals surface area contributed by atoms with Crippen molar-refractivity contribution in [3.8, 4) is 0 Å². The minimum Gasteiger partial charge on any atom is -0.315 e. The molecule has 20 heavy (non-hydrogen) atoms. The molecule has 0 aliphatic carbocycles. The van der Waals surface area contributed by atoms with Crippen molar-refractivity contribution in [2.45, 2.75) is 33.1 Å². The number of hydrogen-bond acceptors (Lipinski definition) is 3. The molecule has 0 spiro atoms. The van der Waals surface area contributed by atoms with Crippen LogP contribution >= 0.6 is 0 Å². The summed E-state index contributed by atoms with van der Waals surface area (Å²) >= 11 is 0. The smallest absolute Gasteiger partial charge is 0.162 e. The lowest BCUT2D eigenvalue weighted by Gasteiger charge is -2.18. The number of Topliss-reactive ketones (excluding diaryl/α,β-unsaturated/α-hetero) is 1. The number of hydrogen-bond donors (Lipinski definition) is 1. The molecule has 0 saturated carbocycles. The Morgan fingerprint density at radius 3 is 2.85 bits per heavy atom. The molecule has 0 radical (unpaired) electrons. The van der Waals surface area contributed by atoms with Gasteiger partial charge in [-0.2, -0.15) is 0 Å². The Morgan fingerprint density at radius 2 is 2.05 bits per heavy atom. The highest BCUT2D eigenvalue weighted by Gasteiger charge is 2.10. The van der Waals surface area contributed by atoms with Crippen molar-refractivity contribution in [3.05, 3.63) is 34.9 Å². The average molecular weight is 274 g/mol. The maximum Gasteiger partial charge on any atom is 0.162 e. The molecule has 1 aliphatic heterocycles. The molecule has 2 rings (SSSR count). The summed E-state index contributed by atoms with van der Waals surface area (Å²) in [5.41, 5.74) is 3.32. The Bertz CT molecular complexity index is 448. The van der Waals surface area contributed by atoms with Crippen LogP contribution in [0.25, 0.3) is 0 Å². The van der Waals surface area contributed by atoms with Gasteiger partial charge in [0.1, 0.15) is 0 Å². The zero-order valence-electron chi connectivity index (χ0n) is 12.7. The standard InChI is InChI=1S/C17H26N2O/c1-14-6-7-16(13-15(14)2)17(20)5-3-10-19-11-4-8-18-9-12-19/h6-7,13,18H,3-5,8-12H2,1-2H3. The summed E-state index contributed by atoms with van der Waals surface area (Å²) in [5.74, 6) is 0.279. The molecule has 1 heterocycles. The molecular weight excluding hydrogens is 248 g/mol. The predicted molar refractivity (Wildman–Crippen MR) is 83.4 cm³/mol. The van der Waals surface area contributed by atoms with Crippen LogP contribution in [-0.4, -0.2) is 43.4 Å². The van der Waals surface area contributed by atoms with E-state index >= 15 is 0 Å². The average Bonchev–Trinajstić information content (AvgIpc) is 2.70. The molecule has 110 valence electrons. The van der Waals surface area contributed by atoms with Crippen LogP contribution in [0.4, 0.5) is 0 Å². The monoisotopic (exact) mass is 274 g/mol. The SMILES string of the molecule is Cc1ccc(C(=O)CCCN2CCCNCC2)cc1C. The summed E-state index contributed by atoms with van der Waals surface area (Å²) in [6.07, 6.45) is 2.84. The minimum atomic E-state index is 0.279. The van der Waals surface area contributed by atoms with Gasteiger partial charge in [-0.1, -0.05) is 12.1 Å². The predicted octanol–water partition coefficient (Wildman–Crippen LogP) is 2.56. The van der Waals surface area contributed by atoms with Crippen LogP contribution in [0.1, 0.15) is 40.7 Å². The minimum absolute atomic E-state index is 0.279. The van der Waals surface area contributed by atoms with Crippen LogP contribution in [-0.2, 0) is 0 Å². The highest BCUT2D eigenvalue weighted by atomic mass is 16.1. The van der Waals surface area contributed by atoms with Crippen molar-refractivity contribution in [2.75, 3.05) is 32.7 Å². The number of rotatable bonds is 5. The zero-order valence-corrected chi connectivity index (χ0v) is 12.7. The van der Waals surface area contributed by atoms with Crippen molar-refractivity contribution in [3.63, 3.8) is 0 Å². The summed E-state index contributed by atoms with van der Waals surface area (Å²) in [6, 6.07) is 6.02. The quantitative estimate of drug-likeness (QED) is 0.838. The van der Waals surface area contributed by atoms with Crippen LogP contribution in [0.2, 0.25) is 0 Å². The molecule has 0 amide bonds. The normalized spacial score (nSPS) is 16.9. The van der Waals surface area contributed by atoms with E-state index in [0.717, 1.165) is 44.7 Å². The summed E-state index contributed by atoms with van der Waals surface area (Å²) in [7, 11) is 0. The first-order valence-electron chi connectivity index (χ1n) is 7.70. The van der Waals surface area contributed by atoms with E-state index in [4.69, 9.17) is 0 Å². The Kier molecular flexibility index (Phi) is 5.74. The van der Waals surface area contributed by atoms with E-state index in [1.807, 2.05) is 18.2 Å². The second-order valence-corrected chi connectivity index (χ2v) is 5.77. The lowest BCUT2D eigenvalue weighted by atomic mass is 10.0. The Balaban J connectivity index is 1.78. The van der Waals surface area contributed by atoms with Gasteiger partial charge in [-0.25, -0.2) is 0 Å². The van der Waals surface area contributed by atoms with Gasteiger partial charge >= 0.3 is 0 Å². The van der Waals surface area contributed by atoms with Crippen LogP contribution in [0.3, 0.4) is 0 Å². The second kappa shape index (κ2) is 7.55. The third kappa shape index (κ3) is 4.43. The first kappa shape index (κ1) is 15.2. The maximum atomic E-state index is 12.2. The van der Waals surface area contributed by atoms with Gasteiger partial charge in [0.05, 0.1) is 0 Å². The van der Waals surface area contributed by atoms with Gasteiger partial charge in [0.2, 0.25) is 0 Å². The van der Waals surface area contributed by atoms with E-state index < -0.39 is 0 Å². The molecule has 0 unspecified atom stereocenters. The molecule has 1 aromatic carbocycles. The first-order chi connectivity index (χ1) is 9.66. The van der Waals surface area contributed by atoms with Gasteiger partial charge in [0.25, 0.3) is 0 Å². The zero-order chi connectivity index (χ0) is 14.4. The third-order valence-electron chi connectivity index (χ3n) is 4.14. The van der Waals surface area contributed by atoms with Crippen molar-refractivity contribution in [1.29, 1.82) is 0 Å². The molecule has 3 heteroatoms. The fourth-order valence-corrected chi connectivity index (χ4v) is 2.65. The van der Waals surface area contributed by atoms with Crippen LogP contribution < -0.4 is 5.32 Å². The summed E-state index contributed by atoms with van der Waals surface area (Å²) in [6.45, 7) is 9.65. The van der Waals surface area contributed by atoms with E-state index in [2.05, 4.69) is 24.1 Å². The number of carbonyl (C=O) groups is 1. The highest BCUT2D eigenvalue weighted by molar-refractivity contribution is 5.96. The van der Waals surface area contributed by atoms with E-state index in [1.165, 1.54) is 17.5 Å². The number of ketones is 1. The van der Waals surface area contributed by atoms with E-state index in [1.54, 1.807) is 0 Å². The Morgan fingerprint density at radius 1 is 1.20 bits per heavy atom. The molecule has 1 fully saturated rings. The third-order valence-corrected chi connectivity index (χ3v) is 4.14. The molecule has 0 aromatic heterocycles. The number of nitrogens with zero attached hydrogens (tertiary/aromatic N) is 1. The molecule has 1 aromatic rings. The van der Waals surface area contributed by atoms with E-state index in [-0.39, 0.29) is 5.78 Å². The molecule has 1 N–H and O–H groups in total. The maximum absolute atomic E-state index is 12.2. The van der Waals surface area contributed by atoms with Gasteiger partial charge < -0.3 is 10.2 Å². The van der Waals surface area contributed by atoms with Crippen molar-refractivity contribution >= 4 is 5.78 Å². The summed E-state index contributed by atoms with van der Waals surface area (Å²) in [4.78, 5) is 14.7. The van der Waals surface area contributed by atoms with E-state index in [9.17, 15) is 4.79 Å². The molecule has 3 nitrogen and oxygen atoms in total. The topological polar surface area (TPSA) is 32.3 Å². The number of nitrogens with one attached hydrogen (secondary N) is 1. The van der Waals surface area contributed by atoms with Gasteiger partial charge in [-0.05, 0) is 63.5 Å². The molecule has 0 atom stereocenters. The van der Waals surface area contributed by atoms with Crippen LogP contribution in [0.15, 0.2) is 18.2 Å². The molecule has 1 aliphatic rings. The van der Waals surface area contributed by atoms with Gasteiger partial charge in [-0.3, -0.25) is 4.79 Å². The van der Waals surface area contributed by atoms with Crippen molar-refractivity contribution < 1.29 is 4.79 Å². The molecule has 0 bridgehead atoms. The Labute approximate surface area is 122 Å². The number of benzene rings is 1. The largest absolute Gasteiger partial charge is 0.315 e. The Hall–Kier alpha value is -1.19. The van der Waals surface area contributed by atoms with Gasteiger partial charge in [0.15, 0.2) is 5.78 Å². The van der Waals surface area contributed by atoms with Crippen molar-refractivity contribution in [1.82, 2.24) is 10.2 Å². The fraction of sp³-hybridized carbons (Fsp3) is 0.588. The number of aryl methyl sites for hydroxylation is 2.